The average molecular weight is 351 g/mol. The van der Waals surface area contributed by atoms with Gasteiger partial charge in [-0.3, -0.25) is 14.9 Å². The molecule has 1 aromatic heterocycles. The van der Waals surface area contributed by atoms with E-state index in [0.29, 0.717) is 5.56 Å². The summed E-state index contributed by atoms with van der Waals surface area (Å²) in [6, 6.07) is 12.8. The Morgan fingerprint density at radius 3 is 2.62 bits per heavy atom. The van der Waals surface area contributed by atoms with Crippen LogP contribution in [0.1, 0.15) is 21.5 Å². The fraction of sp³-hybridized carbons (Fsp3) is 0.105. The van der Waals surface area contributed by atoms with Crippen molar-refractivity contribution in [2.24, 2.45) is 0 Å². The molecule has 3 aromatic rings. The van der Waals surface area contributed by atoms with Crippen LogP contribution in [-0.2, 0) is 6.54 Å². The lowest BCUT2D eigenvalue weighted by molar-refractivity contribution is -0.384. The van der Waals surface area contributed by atoms with Crippen LogP contribution in [0.3, 0.4) is 0 Å². The molecule has 1 heterocycles. The summed E-state index contributed by atoms with van der Waals surface area (Å²) in [5, 5.41) is 23.4. The number of non-ortho nitro benzene ring substituents is 1. The number of hydrogen-bond acceptors (Lipinski definition) is 4. The van der Waals surface area contributed by atoms with Crippen LogP contribution < -0.4 is 5.32 Å². The van der Waals surface area contributed by atoms with Gasteiger partial charge in [-0.1, -0.05) is 6.07 Å². The number of carbonyl (C=O) groups is 1. The molecule has 0 atom stereocenters. The Bertz CT molecular complexity index is 965. The molecule has 7 heteroatoms. The lowest BCUT2D eigenvalue weighted by atomic mass is 10.1. The predicted molar refractivity (Wildman–Crippen MR) is 96.4 cm³/mol. The number of rotatable bonds is 5. The number of aromatic hydroxyl groups is 1. The third kappa shape index (κ3) is 3.56. The van der Waals surface area contributed by atoms with Gasteiger partial charge in [-0.2, -0.15) is 0 Å². The number of hydrogen-bond donors (Lipinski definition) is 2. The second-order valence-electron chi connectivity index (χ2n) is 5.84. The maximum absolute atomic E-state index is 12.4. The quantitative estimate of drug-likeness (QED) is 0.544. The van der Waals surface area contributed by atoms with Gasteiger partial charge in [0.15, 0.2) is 0 Å². The zero-order valence-electron chi connectivity index (χ0n) is 14.0. The first-order chi connectivity index (χ1) is 12.5. The van der Waals surface area contributed by atoms with Crippen molar-refractivity contribution in [3.8, 4) is 11.4 Å². The van der Waals surface area contributed by atoms with Crippen molar-refractivity contribution in [1.29, 1.82) is 0 Å². The molecule has 3 rings (SSSR count). The number of nitrogens with zero attached hydrogens (tertiary/aromatic N) is 2. The van der Waals surface area contributed by atoms with Crippen LogP contribution in [0.2, 0.25) is 0 Å². The number of phenols is 1. The summed E-state index contributed by atoms with van der Waals surface area (Å²) in [4.78, 5) is 22.7. The molecule has 0 fully saturated rings. The smallest absolute Gasteiger partial charge is 0.270 e. The molecule has 7 nitrogen and oxygen atoms in total. The first kappa shape index (κ1) is 17.2. The summed E-state index contributed by atoms with van der Waals surface area (Å²) in [6.45, 7) is 1.94. The minimum atomic E-state index is -0.548. The molecule has 0 aliphatic carbocycles. The van der Waals surface area contributed by atoms with Crippen LogP contribution in [0.5, 0.6) is 5.75 Å². The van der Waals surface area contributed by atoms with Crippen molar-refractivity contribution in [3.63, 3.8) is 0 Å². The van der Waals surface area contributed by atoms with Gasteiger partial charge >= 0.3 is 0 Å². The predicted octanol–water partition coefficient (Wildman–Crippen LogP) is 3.33. The number of nitrogens with one attached hydrogen (secondary N) is 1. The minimum Gasteiger partial charge on any atom is -0.508 e. The third-order valence-corrected chi connectivity index (χ3v) is 4.07. The Hall–Kier alpha value is -3.61. The summed E-state index contributed by atoms with van der Waals surface area (Å²) in [5.41, 5.74) is 2.52. The summed E-state index contributed by atoms with van der Waals surface area (Å²) in [5.74, 6) is -0.433. The van der Waals surface area contributed by atoms with E-state index >= 15 is 0 Å². The minimum absolute atomic E-state index is 0.0148. The molecular weight excluding hydrogens is 334 g/mol. The van der Waals surface area contributed by atoms with Gasteiger partial charge in [0.1, 0.15) is 5.75 Å². The Balaban J connectivity index is 1.78. The van der Waals surface area contributed by atoms with E-state index in [-0.39, 0.29) is 29.5 Å². The van der Waals surface area contributed by atoms with E-state index in [1.54, 1.807) is 12.1 Å². The molecule has 1 amide bonds. The first-order valence-corrected chi connectivity index (χ1v) is 7.94. The number of aryl methyl sites for hydroxylation is 1. The van der Waals surface area contributed by atoms with Crippen LogP contribution in [-0.4, -0.2) is 20.5 Å². The topological polar surface area (TPSA) is 97.4 Å². The van der Waals surface area contributed by atoms with Gasteiger partial charge in [0, 0.05) is 47.9 Å². The van der Waals surface area contributed by atoms with Gasteiger partial charge < -0.3 is 15.0 Å². The number of benzene rings is 2. The van der Waals surface area contributed by atoms with Crippen LogP contribution in [0.15, 0.2) is 60.9 Å². The summed E-state index contributed by atoms with van der Waals surface area (Å²) >= 11 is 0. The zero-order chi connectivity index (χ0) is 18.7. The molecule has 2 N–H and O–H groups in total. The lowest BCUT2D eigenvalue weighted by Gasteiger charge is -2.11. The van der Waals surface area contributed by atoms with Gasteiger partial charge in [0.2, 0.25) is 0 Å². The van der Waals surface area contributed by atoms with E-state index in [4.69, 9.17) is 0 Å². The first-order valence-electron chi connectivity index (χ1n) is 7.94. The molecule has 0 radical (unpaired) electrons. The Kier molecular flexibility index (Phi) is 4.70. The summed E-state index contributed by atoms with van der Waals surface area (Å²) in [6.07, 6.45) is 3.79. The maximum atomic E-state index is 12.4. The van der Waals surface area contributed by atoms with Gasteiger partial charge in [-0.05, 0) is 42.8 Å². The highest BCUT2D eigenvalue weighted by Crippen LogP contribution is 2.23. The van der Waals surface area contributed by atoms with Crippen molar-refractivity contribution >= 4 is 11.6 Å². The van der Waals surface area contributed by atoms with E-state index < -0.39 is 4.92 Å². The number of carbonyl (C=O) groups excluding carboxylic acids is 1. The number of amides is 1. The molecule has 132 valence electrons. The second kappa shape index (κ2) is 7.10. The highest BCUT2D eigenvalue weighted by Gasteiger charge is 2.13. The highest BCUT2D eigenvalue weighted by molar-refractivity contribution is 5.94. The van der Waals surface area contributed by atoms with E-state index in [0.717, 1.165) is 11.3 Å². The fourth-order valence-electron chi connectivity index (χ4n) is 2.63. The molecule has 0 aliphatic rings. The average Bonchev–Trinajstić information content (AvgIpc) is 3.15. The monoisotopic (exact) mass is 351 g/mol. The van der Waals surface area contributed by atoms with E-state index in [1.165, 1.54) is 18.2 Å². The van der Waals surface area contributed by atoms with Gasteiger partial charge in [-0.25, -0.2) is 0 Å². The van der Waals surface area contributed by atoms with Crippen molar-refractivity contribution in [3.05, 3.63) is 87.7 Å². The summed E-state index contributed by atoms with van der Waals surface area (Å²) < 4.78 is 1.92. The summed E-state index contributed by atoms with van der Waals surface area (Å²) in [7, 11) is 0. The standard InChI is InChI=1S/C19H17N3O4/c1-13-4-5-14(11-17(13)21-8-2-3-9-21)19(24)20-12-15-10-16(22(25)26)6-7-18(15)23/h2-11,23H,12H2,1H3,(H,20,24). The molecule has 2 aromatic carbocycles. The van der Waals surface area contributed by atoms with Gasteiger partial charge in [0.25, 0.3) is 11.6 Å². The number of nitro groups is 1. The second-order valence-corrected chi connectivity index (χ2v) is 5.84. The Labute approximate surface area is 149 Å². The number of aromatic nitrogens is 1. The van der Waals surface area contributed by atoms with E-state index in [1.807, 2.05) is 42.1 Å². The Morgan fingerprint density at radius 2 is 1.92 bits per heavy atom. The molecule has 0 saturated heterocycles. The van der Waals surface area contributed by atoms with E-state index in [9.17, 15) is 20.0 Å². The van der Waals surface area contributed by atoms with Crippen LogP contribution >= 0.6 is 0 Å². The van der Waals surface area contributed by atoms with E-state index in [2.05, 4.69) is 5.32 Å². The number of phenolic OH excluding ortho intramolecular Hbond substituents is 1. The molecule has 0 spiro atoms. The van der Waals surface area contributed by atoms with Crippen molar-refractivity contribution in [2.75, 3.05) is 0 Å². The fourth-order valence-corrected chi connectivity index (χ4v) is 2.63. The Morgan fingerprint density at radius 1 is 1.19 bits per heavy atom. The van der Waals surface area contributed by atoms with Crippen LogP contribution in [0.4, 0.5) is 5.69 Å². The normalized spacial score (nSPS) is 10.5. The van der Waals surface area contributed by atoms with Crippen LogP contribution in [0.25, 0.3) is 5.69 Å². The third-order valence-electron chi connectivity index (χ3n) is 4.07. The SMILES string of the molecule is Cc1ccc(C(=O)NCc2cc([N+](=O)[O-])ccc2O)cc1-n1cccc1. The van der Waals surface area contributed by atoms with Crippen molar-refractivity contribution in [1.82, 2.24) is 9.88 Å². The molecular formula is C19H17N3O4. The zero-order valence-corrected chi connectivity index (χ0v) is 14.0. The lowest BCUT2D eigenvalue weighted by Crippen LogP contribution is -2.23. The highest BCUT2D eigenvalue weighted by atomic mass is 16.6. The molecule has 0 unspecified atom stereocenters. The van der Waals surface area contributed by atoms with Crippen molar-refractivity contribution < 1.29 is 14.8 Å². The van der Waals surface area contributed by atoms with Crippen LogP contribution in [0, 0.1) is 17.0 Å². The molecule has 26 heavy (non-hydrogen) atoms. The van der Waals surface area contributed by atoms with Crippen molar-refractivity contribution in [2.45, 2.75) is 13.5 Å². The molecule has 0 bridgehead atoms. The van der Waals surface area contributed by atoms with Gasteiger partial charge in [0.05, 0.1) is 4.92 Å². The largest absolute Gasteiger partial charge is 0.508 e. The maximum Gasteiger partial charge on any atom is 0.270 e. The number of nitro benzene ring substituents is 1. The molecule has 0 aliphatic heterocycles. The molecule has 0 saturated carbocycles. The van der Waals surface area contributed by atoms with Gasteiger partial charge in [-0.15, -0.1) is 0 Å².